The molecule has 2 heteroatoms. The lowest BCUT2D eigenvalue weighted by Crippen LogP contribution is -2.43. The molecule has 0 spiro atoms. The quantitative estimate of drug-likeness (QED) is 0.701. The highest BCUT2D eigenvalue weighted by Crippen LogP contribution is 2.27. The predicted octanol–water partition coefficient (Wildman–Crippen LogP) is 2.74. The van der Waals surface area contributed by atoms with Gasteiger partial charge in [-0.25, -0.2) is 0 Å². The molecular weight excluding hydrogens is 196 g/mol. The Bertz CT molecular complexity index is 187. The Hall–Kier alpha value is -0.0800. The van der Waals surface area contributed by atoms with E-state index < -0.39 is 0 Å². The van der Waals surface area contributed by atoms with Crippen LogP contribution in [-0.4, -0.2) is 37.6 Å². The molecular formula is C14H30N2. The van der Waals surface area contributed by atoms with Crippen molar-refractivity contribution in [3.8, 4) is 0 Å². The largest absolute Gasteiger partial charge is 0.315 e. The highest BCUT2D eigenvalue weighted by molar-refractivity contribution is 4.79. The van der Waals surface area contributed by atoms with Gasteiger partial charge in [-0.1, -0.05) is 27.7 Å². The van der Waals surface area contributed by atoms with Crippen LogP contribution in [0.25, 0.3) is 0 Å². The smallest absolute Gasteiger partial charge is 0.0107 e. The summed E-state index contributed by atoms with van der Waals surface area (Å²) in [6.45, 7) is 15.5. The second-order valence-electron chi connectivity index (χ2n) is 6.48. The maximum atomic E-state index is 3.55. The van der Waals surface area contributed by atoms with Crippen molar-refractivity contribution in [2.24, 2.45) is 11.3 Å². The van der Waals surface area contributed by atoms with E-state index in [2.05, 4.69) is 37.9 Å². The SMILES string of the molecule is CC(C)CCNCCN1CCCC(C)(C)C1. The Morgan fingerprint density at radius 1 is 1.25 bits per heavy atom. The molecule has 1 saturated heterocycles. The third-order valence-corrected chi connectivity index (χ3v) is 3.48. The fourth-order valence-corrected chi connectivity index (χ4v) is 2.49. The first-order chi connectivity index (χ1) is 7.49. The van der Waals surface area contributed by atoms with Gasteiger partial charge >= 0.3 is 0 Å². The minimum Gasteiger partial charge on any atom is -0.315 e. The summed E-state index contributed by atoms with van der Waals surface area (Å²) in [5.74, 6) is 0.821. The molecule has 1 aliphatic rings. The summed E-state index contributed by atoms with van der Waals surface area (Å²) in [6.07, 6.45) is 4.06. The van der Waals surface area contributed by atoms with Crippen LogP contribution in [0.2, 0.25) is 0 Å². The van der Waals surface area contributed by atoms with E-state index in [0.717, 1.165) is 12.5 Å². The van der Waals surface area contributed by atoms with Gasteiger partial charge in [0.15, 0.2) is 0 Å². The van der Waals surface area contributed by atoms with Crippen molar-refractivity contribution in [2.45, 2.75) is 47.0 Å². The van der Waals surface area contributed by atoms with Gasteiger partial charge in [-0.2, -0.15) is 0 Å². The van der Waals surface area contributed by atoms with Gasteiger partial charge in [0, 0.05) is 19.6 Å². The third kappa shape index (κ3) is 5.86. The monoisotopic (exact) mass is 226 g/mol. The fraction of sp³-hybridized carbons (Fsp3) is 1.00. The molecule has 0 saturated carbocycles. The van der Waals surface area contributed by atoms with Crippen LogP contribution in [0.5, 0.6) is 0 Å². The summed E-state index contributed by atoms with van der Waals surface area (Å²) in [4.78, 5) is 2.62. The van der Waals surface area contributed by atoms with Crippen LogP contribution in [0.1, 0.15) is 47.0 Å². The molecule has 2 nitrogen and oxygen atoms in total. The zero-order valence-corrected chi connectivity index (χ0v) is 11.7. The molecule has 0 amide bonds. The van der Waals surface area contributed by atoms with Gasteiger partial charge in [0.05, 0.1) is 0 Å². The first kappa shape index (κ1) is 14.0. The van der Waals surface area contributed by atoms with E-state index in [-0.39, 0.29) is 0 Å². The number of hydrogen-bond acceptors (Lipinski definition) is 2. The van der Waals surface area contributed by atoms with Crippen LogP contribution in [0.3, 0.4) is 0 Å². The number of nitrogens with one attached hydrogen (secondary N) is 1. The molecule has 0 aromatic heterocycles. The molecule has 16 heavy (non-hydrogen) atoms. The fourth-order valence-electron chi connectivity index (χ4n) is 2.49. The maximum absolute atomic E-state index is 3.55. The Labute approximate surface area is 102 Å². The van der Waals surface area contributed by atoms with Gasteiger partial charge in [-0.3, -0.25) is 0 Å². The highest BCUT2D eigenvalue weighted by Gasteiger charge is 2.25. The van der Waals surface area contributed by atoms with E-state index in [9.17, 15) is 0 Å². The Balaban J connectivity index is 2.04. The van der Waals surface area contributed by atoms with Crippen LogP contribution in [0.15, 0.2) is 0 Å². The van der Waals surface area contributed by atoms with Gasteiger partial charge in [-0.05, 0) is 43.7 Å². The first-order valence-electron chi connectivity index (χ1n) is 6.93. The molecule has 96 valence electrons. The molecule has 0 atom stereocenters. The summed E-state index contributed by atoms with van der Waals surface area (Å²) in [7, 11) is 0. The number of hydrogen-bond donors (Lipinski definition) is 1. The molecule has 0 aliphatic carbocycles. The summed E-state index contributed by atoms with van der Waals surface area (Å²) >= 11 is 0. The molecule has 1 fully saturated rings. The molecule has 1 heterocycles. The molecule has 1 N–H and O–H groups in total. The van der Waals surface area contributed by atoms with Crippen LogP contribution in [0.4, 0.5) is 0 Å². The molecule has 1 aliphatic heterocycles. The second kappa shape index (κ2) is 6.61. The van der Waals surface area contributed by atoms with E-state index >= 15 is 0 Å². The van der Waals surface area contributed by atoms with Crippen LogP contribution in [0, 0.1) is 11.3 Å². The van der Waals surface area contributed by atoms with Gasteiger partial charge in [0.2, 0.25) is 0 Å². The standard InChI is InChI=1S/C14H30N2/c1-13(2)6-8-15-9-11-16-10-5-7-14(3,4)12-16/h13,15H,5-12H2,1-4H3. The van der Waals surface area contributed by atoms with Crippen molar-refractivity contribution in [1.29, 1.82) is 0 Å². The minimum atomic E-state index is 0.538. The van der Waals surface area contributed by atoms with Crippen molar-refractivity contribution in [3.05, 3.63) is 0 Å². The van der Waals surface area contributed by atoms with Crippen molar-refractivity contribution >= 4 is 0 Å². The second-order valence-corrected chi connectivity index (χ2v) is 6.48. The molecule has 0 unspecified atom stereocenters. The summed E-state index contributed by atoms with van der Waals surface area (Å²) < 4.78 is 0. The average molecular weight is 226 g/mol. The molecule has 0 aromatic rings. The van der Waals surface area contributed by atoms with E-state index in [1.807, 2.05) is 0 Å². The van der Waals surface area contributed by atoms with Crippen LogP contribution >= 0.6 is 0 Å². The lowest BCUT2D eigenvalue weighted by Gasteiger charge is -2.38. The van der Waals surface area contributed by atoms with E-state index in [1.165, 1.54) is 45.4 Å². The van der Waals surface area contributed by atoms with Crippen molar-refractivity contribution < 1.29 is 0 Å². The Morgan fingerprint density at radius 2 is 2.00 bits per heavy atom. The minimum absolute atomic E-state index is 0.538. The van der Waals surface area contributed by atoms with Crippen LogP contribution < -0.4 is 5.32 Å². The van der Waals surface area contributed by atoms with Gasteiger partial charge in [0.1, 0.15) is 0 Å². The Morgan fingerprint density at radius 3 is 2.62 bits per heavy atom. The zero-order chi connectivity index (χ0) is 12.0. The molecule has 0 bridgehead atoms. The lowest BCUT2D eigenvalue weighted by molar-refractivity contribution is 0.118. The number of rotatable bonds is 6. The number of nitrogens with zero attached hydrogens (tertiary/aromatic N) is 1. The van der Waals surface area contributed by atoms with Crippen molar-refractivity contribution in [3.63, 3.8) is 0 Å². The zero-order valence-electron chi connectivity index (χ0n) is 11.7. The van der Waals surface area contributed by atoms with Crippen molar-refractivity contribution in [2.75, 3.05) is 32.7 Å². The third-order valence-electron chi connectivity index (χ3n) is 3.48. The summed E-state index contributed by atoms with van der Waals surface area (Å²) in [5, 5.41) is 3.55. The predicted molar refractivity (Wildman–Crippen MR) is 71.8 cm³/mol. The number of piperidine rings is 1. The highest BCUT2D eigenvalue weighted by atomic mass is 15.1. The Kier molecular flexibility index (Phi) is 5.77. The molecule has 0 radical (unpaired) electrons. The summed E-state index contributed by atoms with van der Waals surface area (Å²) in [6, 6.07) is 0. The normalized spacial score (nSPS) is 21.6. The first-order valence-corrected chi connectivity index (χ1v) is 6.93. The maximum Gasteiger partial charge on any atom is 0.0107 e. The van der Waals surface area contributed by atoms with Gasteiger partial charge in [0.25, 0.3) is 0 Å². The topological polar surface area (TPSA) is 15.3 Å². The van der Waals surface area contributed by atoms with Gasteiger partial charge in [-0.15, -0.1) is 0 Å². The van der Waals surface area contributed by atoms with Gasteiger partial charge < -0.3 is 10.2 Å². The van der Waals surface area contributed by atoms with E-state index in [1.54, 1.807) is 0 Å². The van der Waals surface area contributed by atoms with E-state index in [0.29, 0.717) is 5.41 Å². The van der Waals surface area contributed by atoms with E-state index in [4.69, 9.17) is 0 Å². The number of likely N-dealkylation sites (tertiary alicyclic amines) is 1. The van der Waals surface area contributed by atoms with Crippen LogP contribution in [-0.2, 0) is 0 Å². The molecule has 0 aromatic carbocycles. The lowest BCUT2D eigenvalue weighted by atomic mass is 9.84. The van der Waals surface area contributed by atoms with Crippen molar-refractivity contribution in [1.82, 2.24) is 10.2 Å². The summed E-state index contributed by atoms with van der Waals surface area (Å²) in [5.41, 5.74) is 0.538. The molecule has 1 rings (SSSR count). The average Bonchev–Trinajstić information content (AvgIpc) is 2.15.